The maximum atomic E-state index is 13.2. The zero-order chi connectivity index (χ0) is 15.4. The van der Waals surface area contributed by atoms with Gasteiger partial charge in [0, 0.05) is 0 Å². The summed E-state index contributed by atoms with van der Waals surface area (Å²) in [5.74, 6) is -2.22. The molecular weight excluding hydrogens is 273 g/mol. The Kier molecular flexibility index (Phi) is 4.33. The molecule has 0 bridgehead atoms. The molecule has 2 aromatic rings. The average Bonchev–Trinajstić information content (AvgIpc) is 2.41. The van der Waals surface area contributed by atoms with Crippen molar-refractivity contribution in [3.63, 3.8) is 0 Å². The molecule has 2 aromatic carbocycles. The van der Waals surface area contributed by atoms with Crippen LogP contribution in [0.25, 0.3) is 0 Å². The van der Waals surface area contributed by atoms with Gasteiger partial charge in [-0.25, -0.2) is 9.18 Å². The van der Waals surface area contributed by atoms with E-state index in [1.807, 2.05) is 31.2 Å². The predicted molar refractivity (Wildman–Crippen MR) is 76.9 cm³/mol. The van der Waals surface area contributed by atoms with Crippen molar-refractivity contribution in [1.29, 1.82) is 0 Å². The predicted octanol–water partition coefficient (Wildman–Crippen LogP) is 3.01. The molecule has 4 nitrogen and oxygen atoms in total. The van der Waals surface area contributed by atoms with Crippen molar-refractivity contribution < 1.29 is 19.1 Å². The van der Waals surface area contributed by atoms with Gasteiger partial charge in [-0.05, 0) is 36.2 Å². The van der Waals surface area contributed by atoms with Crippen molar-refractivity contribution in [2.75, 3.05) is 5.32 Å². The molecular formula is C16H14FNO3. The normalized spacial score (nSPS) is 10.2. The summed E-state index contributed by atoms with van der Waals surface area (Å²) in [6.07, 6.45) is 0.0995. The summed E-state index contributed by atoms with van der Waals surface area (Å²) >= 11 is 0. The molecule has 2 rings (SSSR count). The van der Waals surface area contributed by atoms with Crippen molar-refractivity contribution in [1.82, 2.24) is 0 Å². The van der Waals surface area contributed by atoms with Gasteiger partial charge in [-0.3, -0.25) is 4.79 Å². The van der Waals surface area contributed by atoms with Crippen molar-refractivity contribution >= 4 is 17.6 Å². The first-order chi connectivity index (χ1) is 9.97. The number of rotatable bonds is 4. The maximum Gasteiger partial charge on any atom is 0.337 e. The Labute approximate surface area is 121 Å². The van der Waals surface area contributed by atoms with Gasteiger partial charge in [-0.1, -0.05) is 24.3 Å². The number of carbonyl (C=O) groups is 2. The summed E-state index contributed by atoms with van der Waals surface area (Å²) in [5.41, 5.74) is 1.62. The van der Waals surface area contributed by atoms with Crippen LogP contribution in [0, 0.1) is 12.7 Å². The number of aromatic carboxylic acids is 1. The van der Waals surface area contributed by atoms with Crippen LogP contribution >= 0.6 is 0 Å². The number of hydrogen-bond donors (Lipinski definition) is 2. The van der Waals surface area contributed by atoms with Crippen LogP contribution in [0.5, 0.6) is 0 Å². The summed E-state index contributed by atoms with van der Waals surface area (Å²) in [6, 6.07) is 10.6. The van der Waals surface area contributed by atoms with E-state index in [0.29, 0.717) is 0 Å². The van der Waals surface area contributed by atoms with Crippen LogP contribution in [0.1, 0.15) is 21.5 Å². The van der Waals surface area contributed by atoms with E-state index in [-0.39, 0.29) is 17.7 Å². The van der Waals surface area contributed by atoms with Crippen LogP contribution in [0.3, 0.4) is 0 Å². The highest BCUT2D eigenvalue weighted by Crippen LogP contribution is 2.18. The molecule has 0 radical (unpaired) electrons. The molecule has 0 fully saturated rings. The Morgan fingerprint density at radius 1 is 1.19 bits per heavy atom. The number of hydrogen-bond acceptors (Lipinski definition) is 2. The van der Waals surface area contributed by atoms with Gasteiger partial charge < -0.3 is 10.4 Å². The van der Waals surface area contributed by atoms with Crippen molar-refractivity contribution in [2.45, 2.75) is 13.3 Å². The zero-order valence-electron chi connectivity index (χ0n) is 11.4. The average molecular weight is 287 g/mol. The fourth-order valence-corrected chi connectivity index (χ4v) is 1.98. The molecule has 0 saturated carbocycles. The van der Waals surface area contributed by atoms with Gasteiger partial charge in [-0.2, -0.15) is 0 Å². The molecule has 0 atom stereocenters. The SMILES string of the molecule is Cc1ccccc1CC(=O)Nc1cc(F)ccc1C(=O)O. The maximum absolute atomic E-state index is 13.2. The Hall–Kier alpha value is -2.69. The van der Waals surface area contributed by atoms with E-state index in [1.54, 1.807) is 0 Å². The molecule has 0 aromatic heterocycles. The van der Waals surface area contributed by atoms with Gasteiger partial charge in [-0.15, -0.1) is 0 Å². The molecule has 0 aliphatic carbocycles. The van der Waals surface area contributed by atoms with Gasteiger partial charge in [0.15, 0.2) is 0 Å². The fraction of sp³-hybridized carbons (Fsp3) is 0.125. The third kappa shape index (κ3) is 3.66. The molecule has 0 aliphatic heterocycles. The third-order valence-corrected chi connectivity index (χ3v) is 3.10. The van der Waals surface area contributed by atoms with Gasteiger partial charge >= 0.3 is 5.97 Å². The number of carboxylic acids is 1. The molecule has 0 unspecified atom stereocenters. The van der Waals surface area contributed by atoms with Crippen LogP contribution in [0.4, 0.5) is 10.1 Å². The van der Waals surface area contributed by atoms with Crippen LogP contribution < -0.4 is 5.32 Å². The van der Waals surface area contributed by atoms with E-state index in [2.05, 4.69) is 5.32 Å². The molecule has 0 spiro atoms. The number of carbonyl (C=O) groups excluding carboxylic acids is 1. The van der Waals surface area contributed by atoms with Gasteiger partial charge in [0.2, 0.25) is 5.91 Å². The van der Waals surface area contributed by atoms with Crippen molar-refractivity contribution in [3.8, 4) is 0 Å². The van der Waals surface area contributed by atoms with Crippen LogP contribution in [-0.2, 0) is 11.2 Å². The quantitative estimate of drug-likeness (QED) is 0.908. The minimum Gasteiger partial charge on any atom is -0.478 e. The number of aryl methyl sites for hydroxylation is 1. The smallest absolute Gasteiger partial charge is 0.337 e. The fourth-order valence-electron chi connectivity index (χ4n) is 1.98. The summed E-state index contributed by atoms with van der Waals surface area (Å²) in [4.78, 5) is 23.0. The number of amides is 1. The summed E-state index contributed by atoms with van der Waals surface area (Å²) in [6.45, 7) is 1.88. The first-order valence-corrected chi connectivity index (χ1v) is 6.34. The van der Waals surface area contributed by atoms with Crippen molar-refractivity contribution in [3.05, 3.63) is 65.0 Å². The Bertz CT molecular complexity index is 698. The largest absolute Gasteiger partial charge is 0.478 e. The third-order valence-electron chi connectivity index (χ3n) is 3.10. The lowest BCUT2D eigenvalue weighted by molar-refractivity contribution is -0.115. The van der Waals surface area contributed by atoms with Crippen LogP contribution in [0.15, 0.2) is 42.5 Å². The second kappa shape index (κ2) is 6.17. The molecule has 0 saturated heterocycles. The first-order valence-electron chi connectivity index (χ1n) is 6.34. The molecule has 0 heterocycles. The monoisotopic (exact) mass is 287 g/mol. The first kappa shape index (κ1) is 14.7. The molecule has 108 valence electrons. The van der Waals surface area contributed by atoms with E-state index < -0.39 is 17.7 Å². The molecule has 2 N–H and O–H groups in total. The van der Waals surface area contributed by atoms with Crippen LogP contribution in [0.2, 0.25) is 0 Å². The van der Waals surface area contributed by atoms with E-state index in [4.69, 9.17) is 5.11 Å². The minimum atomic E-state index is -1.22. The topological polar surface area (TPSA) is 66.4 Å². The van der Waals surface area contributed by atoms with Gasteiger partial charge in [0.25, 0.3) is 0 Å². The standard InChI is InChI=1S/C16H14FNO3/c1-10-4-2-3-5-11(10)8-15(19)18-14-9-12(17)6-7-13(14)16(20)21/h2-7,9H,8H2,1H3,(H,18,19)(H,20,21). The summed E-state index contributed by atoms with van der Waals surface area (Å²) in [5, 5.41) is 11.5. The van der Waals surface area contributed by atoms with Crippen molar-refractivity contribution in [2.24, 2.45) is 0 Å². The highest BCUT2D eigenvalue weighted by atomic mass is 19.1. The van der Waals surface area contributed by atoms with Gasteiger partial charge in [0.1, 0.15) is 5.82 Å². The second-order valence-electron chi connectivity index (χ2n) is 4.65. The van der Waals surface area contributed by atoms with E-state index in [1.165, 1.54) is 0 Å². The highest BCUT2D eigenvalue weighted by Gasteiger charge is 2.14. The number of carboxylic acid groups (broad SMARTS) is 1. The lowest BCUT2D eigenvalue weighted by Gasteiger charge is -2.10. The highest BCUT2D eigenvalue weighted by molar-refractivity contribution is 6.01. The summed E-state index contributed by atoms with van der Waals surface area (Å²) in [7, 11) is 0. The lowest BCUT2D eigenvalue weighted by atomic mass is 10.1. The van der Waals surface area contributed by atoms with Gasteiger partial charge in [0.05, 0.1) is 17.7 Å². The number of anilines is 1. The molecule has 21 heavy (non-hydrogen) atoms. The Balaban J connectivity index is 2.18. The summed E-state index contributed by atoms with van der Waals surface area (Å²) < 4.78 is 13.2. The van der Waals surface area contributed by atoms with Crippen LogP contribution in [-0.4, -0.2) is 17.0 Å². The van der Waals surface area contributed by atoms with E-state index in [9.17, 15) is 14.0 Å². The van der Waals surface area contributed by atoms with E-state index >= 15 is 0 Å². The number of benzene rings is 2. The zero-order valence-corrected chi connectivity index (χ0v) is 11.4. The van der Waals surface area contributed by atoms with E-state index in [0.717, 1.165) is 29.3 Å². The second-order valence-corrected chi connectivity index (χ2v) is 4.65. The Morgan fingerprint density at radius 2 is 1.90 bits per heavy atom. The molecule has 1 amide bonds. The number of halogens is 1. The Morgan fingerprint density at radius 3 is 2.57 bits per heavy atom. The molecule has 5 heteroatoms. The number of nitrogens with one attached hydrogen (secondary N) is 1. The lowest BCUT2D eigenvalue weighted by Crippen LogP contribution is -2.17. The minimum absolute atomic E-state index is 0.0407. The molecule has 0 aliphatic rings.